The van der Waals surface area contributed by atoms with E-state index in [4.69, 9.17) is 0 Å². The van der Waals surface area contributed by atoms with Crippen molar-refractivity contribution in [2.75, 3.05) is 5.32 Å². The Morgan fingerprint density at radius 1 is 0.829 bits per heavy atom. The van der Waals surface area contributed by atoms with E-state index >= 15 is 0 Å². The molecular formula is C27H22N4O4. The van der Waals surface area contributed by atoms with Crippen LogP contribution in [0.3, 0.4) is 0 Å². The van der Waals surface area contributed by atoms with E-state index in [-0.39, 0.29) is 11.5 Å². The first-order valence-electron chi connectivity index (χ1n) is 11.2. The lowest BCUT2D eigenvalue weighted by molar-refractivity contribution is 0.398. The number of para-hydroxylation sites is 3. The highest BCUT2D eigenvalue weighted by Crippen LogP contribution is 2.47. The Kier molecular flexibility index (Phi) is 4.41. The molecule has 0 bridgehead atoms. The van der Waals surface area contributed by atoms with Crippen molar-refractivity contribution in [3.05, 3.63) is 105 Å². The molecule has 174 valence electrons. The third-order valence-corrected chi connectivity index (χ3v) is 6.73. The average molecular weight is 466 g/mol. The number of hydrogen-bond acceptors (Lipinski definition) is 5. The number of aromatic hydroxyl groups is 2. The first-order chi connectivity index (χ1) is 16.9. The topological polar surface area (TPSA) is 101 Å². The van der Waals surface area contributed by atoms with Gasteiger partial charge in [0.15, 0.2) is 11.5 Å². The SMILES string of the molecule is Cn1c(=O)c2c(-c3ccccc3)n3c(c2n(C)c1=O)[C@H](c1cccc(O)c1O)Nc1ccccc1-3. The Morgan fingerprint density at radius 3 is 2.31 bits per heavy atom. The second-order valence-electron chi connectivity index (χ2n) is 8.67. The zero-order valence-electron chi connectivity index (χ0n) is 19.1. The summed E-state index contributed by atoms with van der Waals surface area (Å²) in [6, 6.07) is 21.4. The standard InChI is InChI=1S/C27H22N4O4/c1-29-23-20(26(34)30(2)27(29)35)22(15-9-4-3-5-10-15)31-18-13-7-6-12-17(18)28-21(24(23)31)16-11-8-14-19(32)25(16)33/h3-14,21,28,32-33H,1-2H3/t21-/m0/s1. The van der Waals surface area contributed by atoms with E-state index in [1.807, 2.05) is 59.2 Å². The number of benzene rings is 3. The molecule has 0 saturated carbocycles. The van der Waals surface area contributed by atoms with Crippen LogP contribution in [0.2, 0.25) is 0 Å². The molecule has 0 fully saturated rings. The Labute approximate surface area is 199 Å². The number of phenolic OH excluding ortho intramolecular Hbond substituents is 2. The van der Waals surface area contributed by atoms with Crippen LogP contribution in [-0.2, 0) is 14.1 Å². The van der Waals surface area contributed by atoms with Gasteiger partial charge < -0.3 is 20.1 Å². The highest BCUT2D eigenvalue weighted by atomic mass is 16.3. The van der Waals surface area contributed by atoms with E-state index in [0.717, 1.165) is 21.5 Å². The van der Waals surface area contributed by atoms with Gasteiger partial charge >= 0.3 is 5.69 Å². The van der Waals surface area contributed by atoms with Gasteiger partial charge in [0.2, 0.25) is 0 Å². The van der Waals surface area contributed by atoms with Crippen molar-refractivity contribution in [3.8, 4) is 28.4 Å². The van der Waals surface area contributed by atoms with Crippen LogP contribution < -0.4 is 16.6 Å². The van der Waals surface area contributed by atoms with Crippen molar-refractivity contribution >= 4 is 16.6 Å². The average Bonchev–Trinajstić information content (AvgIpc) is 3.24. The minimum absolute atomic E-state index is 0.251. The van der Waals surface area contributed by atoms with Gasteiger partial charge in [-0.15, -0.1) is 0 Å². The van der Waals surface area contributed by atoms with Crippen molar-refractivity contribution in [2.24, 2.45) is 14.1 Å². The molecule has 2 aromatic heterocycles. The zero-order chi connectivity index (χ0) is 24.4. The van der Waals surface area contributed by atoms with Crippen molar-refractivity contribution in [3.63, 3.8) is 0 Å². The van der Waals surface area contributed by atoms with Gasteiger partial charge in [-0.25, -0.2) is 4.79 Å². The molecule has 1 aliphatic heterocycles. The van der Waals surface area contributed by atoms with E-state index < -0.39 is 17.3 Å². The molecule has 8 heteroatoms. The summed E-state index contributed by atoms with van der Waals surface area (Å²) in [7, 11) is 3.11. The molecule has 3 aromatic carbocycles. The van der Waals surface area contributed by atoms with Gasteiger partial charge in [0.25, 0.3) is 5.56 Å². The normalized spacial score (nSPS) is 14.4. The first-order valence-corrected chi connectivity index (χ1v) is 11.2. The number of rotatable bonds is 2. The summed E-state index contributed by atoms with van der Waals surface area (Å²) >= 11 is 0. The Bertz CT molecular complexity index is 1760. The number of aryl methyl sites for hydroxylation is 1. The Balaban J connectivity index is 1.88. The van der Waals surface area contributed by atoms with Gasteiger partial charge in [0.05, 0.1) is 39.7 Å². The van der Waals surface area contributed by atoms with Crippen molar-refractivity contribution in [1.29, 1.82) is 0 Å². The molecule has 0 amide bonds. The summed E-state index contributed by atoms with van der Waals surface area (Å²) in [5, 5.41) is 24.9. The van der Waals surface area contributed by atoms with Crippen LogP contribution in [0, 0.1) is 0 Å². The van der Waals surface area contributed by atoms with Gasteiger partial charge in [-0.05, 0) is 23.8 Å². The second-order valence-corrected chi connectivity index (χ2v) is 8.67. The maximum Gasteiger partial charge on any atom is 0.331 e. The molecule has 6 rings (SSSR count). The lowest BCUT2D eigenvalue weighted by Gasteiger charge is -2.31. The Hall–Kier alpha value is -4.72. The number of hydrogen-bond donors (Lipinski definition) is 3. The smallest absolute Gasteiger partial charge is 0.331 e. The number of fused-ring (bicyclic) bond motifs is 5. The van der Waals surface area contributed by atoms with Crippen LogP contribution in [0.25, 0.3) is 27.8 Å². The number of nitrogens with zero attached hydrogens (tertiary/aromatic N) is 3. The van der Waals surface area contributed by atoms with E-state index in [1.165, 1.54) is 17.7 Å². The number of nitrogens with one attached hydrogen (secondary N) is 1. The molecule has 0 aliphatic carbocycles. The molecule has 35 heavy (non-hydrogen) atoms. The van der Waals surface area contributed by atoms with Crippen LogP contribution in [0.1, 0.15) is 17.3 Å². The fourth-order valence-electron chi connectivity index (χ4n) is 5.10. The summed E-state index contributed by atoms with van der Waals surface area (Å²) in [5.41, 5.74) is 3.72. The summed E-state index contributed by atoms with van der Waals surface area (Å²) < 4.78 is 4.57. The molecular weight excluding hydrogens is 444 g/mol. The fourth-order valence-corrected chi connectivity index (χ4v) is 5.10. The van der Waals surface area contributed by atoms with Gasteiger partial charge in [0.1, 0.15) is 0 Å². The van der Waals surface area contributed by atoms with Crippen LogP contribution in [0.15, 0.2) is 82.4 Å². The number of anilines is 1. The molecule has 0 radical (unpaired) electrons. The molecule has 8 nitrogen and oxygen atoms in total. The van der Waals surface area contributed by atoms with Crippen LogP contribution >= 0.6 is 0 Å². The zero-order valence-corrected chi connectivity index (χ0v) is 19.1. The molecule has 5 aromatic rings. The number of phenols is 2. The van der Waals surface area contributed by atoms with Gasteiger partial charge in [0, 0.05) is 19.7 Å². The quantitative estimate of drug-likeness (QED) is 0.345. The molecule has 3 N–H and O–H groups in total. The maximum absolute atomic E-state index is 13.6. The molecule has 3 heterocycles. The largest absolute Gasteiger partial charge is 0.504 e. The van der Waals surface area contributed by atoms with Gasteiger partial charge in [-0.1, -0.05) is 54.6 Å². The third-order valence-electron chi connectivity index (χ3n) is 6.73. The van der Waals surface area contributed by atoms with E-state index in [1.54, 1.807) is 19.2 Å². The van der Waals surface area contributed by atoms with Gasteiger partial charge in [-0.3, -0.25) is 13.9 Å². The highest BCUT2D eigenvalue weighted by molar-refractivity contribution is 5.99. The maximum atomic E-state index is 13.6. The summed E-state index contributed by atoms with van der Waals surface area (Å²) in [6.45, 7) is 0. The second kappa shape index (κ2) is 7.39. The first kappa shape index (κ1) is 20.9. The van der Waals surface area contributed by atoms with Crippen molar-refractivity contribution in [1.82, 2.24) is 13.7 Å². The monoisotopic (exact) mass is 466 g/mol. The predicted molar refractivity (Wildman–Crippen MR) is 134 cm³/mol. The lowest BCUT2D eigenvalue weighted by Crippen LogP contribution is -2.37. The predicted octanol–water partition coefficient (Wildman–Crippen LogP) is 3.62. The van der Waals surface area contributed by atoms with Crippen molar-refractivity contribution in [2.45, 2.75) is 6.04 Å². The van der Waals surface area contributed by atoms with E-state index in [0.29, 0.717) is 27.9 Å². The molecule has 0 saturated heterocycles. The minimum Gasteiger partial charge on any atom is -0.504 e. The molecule has 0 unspecified atom stereocenters. The van der Waals surface area contributed by atoms with Crippen molar-refractivity contribution < 1.29 is 10.2 Å². The van der Waals surface area contributed by atoms with E-state index in [9.17, 15) is 19.8 Å². The Morgan fingerprint density at radius 2 is 1.54 bits per heavy atom. The fraction of sp³-hybridized carbons (Fsp3) is 0.111. The van der Waals surface area contributed by atoms with Gasteiger partial charge in [-0.2, -0.15) is 0 Å². The molecule has 0 spiro atoms. The lowest BCUT2D eigenvalue weighted by atomic mass is 9.98. The summed E-state index contributed by atoms with van der Waals surface area (Å²) in [4.78, 5) is 26.7. The highest BCUT2D eigenvalue weighted by Gasteiger charge is 2.35. The van der Waals surface area contributed by atoms with Crippen LogP contribution in [0.5, 0.6) is 11.5 Å². The summed E-state index contributed by atoms with van der Waals surface area (Å²) in [5.74, 6) is -0.515. The van der Waals surface area contributed by atoms with Crippen LogP contribution in [0.4, 0.5) is 5.69 Å². The third kappa shape index (κ3) is 2.80. The molecule has 1 atom stereocenters. The van der Waals surface area contributed by atoms with E-state index in [2.05, 4.69) is 5.32 Å². The summed E-state index contributed by atoms with van der Waals surface area (Å²) in [6.07, 6.45) is 0. The number of aromatic nitrogens is 3. The minimum atomic E-state index is -0.658. The molecule has 1 aliphatic rings. The van der Waals surface area contributed by atoms with Crippen LogP contribution in [-0.4, -0.2) is 23.9 Å².